The maximum atomic E-state index is 14.0. The largest absolute Gasteiger partial charge is 0.369 e. The van der Waals surface area contributed by atoms with Crippen LogP contribution in [0.2, 0.25) is 0 Å². The molecule has 2 aliphatic heterocycles. The van der Waals surface area contributed by atoms with Crippen LogP contribution < -0.4 is 10.2 Å². The van der Waals surface area contributed by atoms with Crippen LogP contribution in [0.25, 0.3) is 6.08 Å². The number of nitrogens with one attached hydrogen (secondary N) is 1. The number of rotatable bonds is 5. The SMILES string of the molecule is CN1CCN(c2ccc(C=C3Sc4cc(S(=O)(=O)Cc5c(F)cccc5F)ccc4NC3=O)cc2)CC1. The molecule has 2 aliphatic rings. The molecule has 1 N–H and O–H groups in total. The van der Waals surface area contributed by atoms with Crippen LogP contribution in [-0.4, -0.2) is 52.5 Å². The molecule has 37 heavy (non-hydrogen) atoms. The Labute approximate surface area is 218 Å². The highest BCUT2D eigenvalue weighted by molar-refractivity contribution is 8.04. The molecule has 1 saturated heterocycles. The summed E-state index contributed by atoms with van der Waals surface area (Å²) < 4.78 is 54.0. The van der Waals surface area contributed by atoms with Crippen molar-refractivity contribution < 1.29 is 22.0 Å². The molecule has 0 saturated carbocycles. The Bertz CT molecular complexity index is 1460. The number of amides is 1. The fourth-order valence-corrected chi connectivity index (χ4v) is 6.73. The van der Waals surface area contributed by atoms with Crippen LogP contribution in [-0.2, 0) is 20.4 Å². The summed E-state index contributed by atoms with van der Waals surface area (Å²) in [6, 6.07) is 15.5. The summed E-state index contributed by atoms with van der Waals surface area (Å²) in [5.74, 6) is -2.91. The van der Waals surface area contributed by atoms with Gasteiger partial charge in [0, 0.05) is 42.3 Å². The highest BCUT2D eigenvalue weighted by Gasteiger charge is 2.26. The first-order valence-corrected chi connectivity index (χ1v) is 14.2. The van der Waals surface area contributed by atoms with E-state index in [2.05, 4.69) is 22.2 Å². The van der Waals surface area contributed by atoms with Crippen LogP contribution in [0.15, 0.2) is 75.4 Å². The number of likely N-dealkylation sites (N-methyl/N-ethyl adjacent to an activating group) is 1. The maximum Gasteiger partial charge on any atom is 0.262 e. The highest BCUT2D eigenvalue weighted by Crippen LogP contribution is 2.40. The van der Waals surface area contributed by atoms with Gasteiger partial charge in [-0.3, -0.25) is 4.79 Å². The van der Waals surface area contributed by atoms with Crippen molar-refractivity contribution in [3.63, 3.8) is 0 Å². The number of piperazine rings is 1. The molecule has 6 nitrogen and oxygen atoms in total. The van der Waals surface area contributed by atoms with Crippen LogP contribution >= 0.6 is 11.8 Å². The first-order valence-electron chi connectivity index (χ1n) is 11.7. The Morgan fingerprint density at radius 2 is 1.65 bits per heavy atom. The van der Waals surface area contributed by atoms with Gasteiger partial charge in [-0.05, 0) is 61.2 Å². The van der Waals surface area contributed by atoms with Gasteiger partial charge in [0.2, 0.25) is 0 Å². The first kappa shape index (κ1) is 25.4. The van der Waals surface area contributed by atoms with E-state index >= 15 is 0 Å². The number of carbonyl (C=O) groups excluding carboxylic acids is 1. The lowest BCUT2D eigenvalue weighted by atomic mass is 10.1. The van der Waals surface area contributed by atoms with Crippen molar-refractivity contribution in [3.8, 4) is 0 Å². The second kappa shape index (κ2) is 10.3. The molecule has 0 aromatic heterocycles. The normalized spacial score (nSPS) is 17.5. The number of carbonyl (C=O) groups is 1. The standard InChI is InChI=1S/C27H25F2N3O3S2/c1-31-11-13-32(14-12-31)19-7-5-18(6-8-19)15-26-27(33)30-24-10-9-20(16-25(24)36-26)37(34,35)17-21-22(28)3-2-4-23(21)29/h2-10,15-16H,11-14,17H2,1H3,(H,30,33). The zero-order valence-corrected chi connectivity index (χ0v) is 21.7. The zero-order valence-electron chi connectivity index (χ0n) is 20.1. The van der Waals surface area contributed by atoms with Gasteiger partial charge in [-0.15, -0.1) is 0 Å². The minimum absolute atomic E-state index is 0.0755. The summed E-state index contributed by atoms with van der Waals surface area (Å²) in [6.45, 7) is 3.94. The molecule has 10 heteroatoms. The van der Waals surface area contributed by atoms with E-state index in [9.17, 15) is 22.0 Å². The summed E-state index contributed by atoms with van der Waals surface area (Å²) in [6.07, 6.45) is 1.76. The number of fused-ring (bicyclic) bond motifs is 1. The van der Waals surface area contributed by atoms with E-state index in [0.29, 0.717) is 15.5 Å². The monoisotopic (exact) mass is 541 g/mol. The fraction of sp³-hybridized carbons (Fsp3) is 0.222. The predicted molar refractivity (Wildman–Crippen MR) is 142 cm³/mol. The van der Waals surface area contributed by atoms with Crippen molar-refractivity contribution in [2.75, 3.05) is 43.4 Å². The van der Waals surface area contributed by atoms with Crippen molar-refractivity contribution in [2.24, 2.45) is 0 Å². The molecule has 3 aromatic rings. The quantitative estimate of drug-likeness (QED) is 0.469. The molecule has 3 aromatic carbocycles. The van der Waals surface area contributed by atoms with E-state index in [1.165, 1.54) is 24.3 Å². The van der Waals surface area contributed by atoms with Crippen LogP contribution in [0.1, 0.15) is 11.1 Å². The lowest BCUT2D eigenvalue weighted by Gasteiger charge is -2.34. The molecule has 0 radical (unpaired) electrons. The molecular weight excluding hydrogens is 516 g/mol. The Morgan fingerprint density at radius 1 is 0.973 bits per heavy atom. The molecule has 5 rings (SSSR count). The van der Waals surface area contributed by atoms with E-state index in [1.807, 2.05) is 24.3 Å². The number of hydrogen-bond acceptors (Lipinski definition) is 6. The second-order valence-electron chi connectivity index (χ2n) is 9.06. The zero-order chi connectivity index (χ0) is 26.2. The molecular formula is C27H25F2N3O3S2. The van der Waals surface area contributed by atoms with E-state index in [4.69, 9.17) is 0 Å². The second-order valence-corrected chi connectivity index (χ2v) is 12.1. The molecule has 1 fully saturated rings. The summed E-state index contributed by atoms with van der Waals surface area (Å²) in [4.78, 5) is 18.2. The van der Waals surface area contributed by atoms with Gasteiger partial charge >= 0.3 is 0 Å². The van der Waals surface area contributed by atoms with Gasteiger partial charge < -0.3 is 15.1 Å². The van der Waals surface area contributed by atoms with Gasteiger partial charge in [-0.25, -0.2) is 17.2 Å². The van der Waals surface area contributed by atoms with Crippen LogP contribution in [0.5, 0.6) is 0 Å². The average Bonchev–Trinajstić information content (AvgIpc) is 2.87. The maximum absolute atomic E-state index is 14.0. The number of benzene rings is 3. The van der Waals surface area contributed by atoms with Crippen LogP contribution in [0.4, 0.5) is 20.2 Å². The number of thioether (sulfide) groups is 1. The van der Waals surface area contributed by atoms with E-state index in [1.54, 1.807) is 6.08 Å². The van der Waals surface area contributed by atoms with Crippen molar-refractivity contribution in [2.45, 2.75) is 15.5 Å². The Hall–Kier alpha value is -3.21. The number of halogens is 2. The van der Waals surface area contributed by atoms with Gasteiger partial charge in [-0.1, -0.05) is 30.0 Å². The molecule has 0 spiro atoms. The van der Waals surface area contributed by atoms with E-state index in [-0.39, 0.29) is 10.8 Å². The summed E-state index contributed by atoms with van der Waals surface area (Å²) >= 11 is 1.16. The summed E-state index contributed by atoms with van der Waals surface area (Å²) in [5.41, 5.74) is 1.95. The molecule has 1 amide bonds. The van der Waals surface area contributed by atoms with Gasteiger partial charge in [0.1, 0.15) is 11.6 Å². The fourth-order valence-electron chi connectivity index (χ4n) is 4.27. The Kier molecular flexibility index (Phi) is 7.06. The Balaban J connectivity index is 1.36. The van der Waals surface area contributed by atoms with Crippen molar-refractivity contribution in [1.29, 1.82) is 0 Å². The molecule has 0 aliphatic carbocycles. The first-order chi connectivity index (χ1) is 17.7. The molecule has 2 heterocycles. The third kappa shape index (κ3) is 5.56. The molecule has 0 unspecified atom stereocenters. The van der Waals surface area contributed by atoms with E-state index < -0.39 is 32.8 Å². The smallest absolute Gasteiger partial charge is 0.262 e. The van der Waals surface area contributed by atoms with Gasteiger partial charge in [0.25, 0.3) is 5.91 Å². The number of hydrogen-bond donors (Lipinski definition) is 1. The molecule has 0 atom stereocenters. The Morgan fingerprint density at radius 3 is 2.32 bits per heavy atom. The van der Waals surface area contributed by atoms with Crippen molar-refractivity contribution >= 4 is 45.0 Å². The third-order valence-corrected chi connectivity index (χ3v) is 9.18. The van der Waals surface area contributed by atoms with Crippen LogP contribution in [0.3, 0.4) is 0 Å². The van der Waals surface area contributed by atoms with Crippen LogP contribution in [0, 0.1) is 11.6 Å². The molecule has 0 bridgehead atoms. The van der Waals surface area contributed by atoms with Gasteiger partial charge in [0.05, 0.1) is 21.2 Å². The third-order valence-electron chi connectivity index (χ3n) is 6.46. The topological polar surface area (TPSA) is 69.7 Å². The number of nitrogens with zero attached hydrogens (tertiary/aromatic N) is 2. The predicted octanol–water partition coefficient (Wildman–Crippen LogP) is 4.78. The van der Waals surface area contributed by atoms with Crippen molar-refractivity contribution in [1.82, 2.24) is 4.90 Å². The summed E-state index contributed by atoms with van der Waals surface area (Å²) in [7, 11) is -1.92. The lowest BCUT2D eigenvalue weighted by molar-refractivity contribution is -0.112. The van der Waals surface area contributed by atoms with Gasteiger partial charge in [0.15, 0.2) is 9.84 Å². The number of anilines is 2. The minimum Gasteiger partial charge on any atom is -0.369 e. The van der Waals surface area contributed by atoms with Crippen molar-refractivity contribution in [3.05, 3.63) is 88.3 Å². The lowest BCUT2D eigenvalue weighted by Crippen LogP contribution is -2.44. The number of sulfone groups is 1. The molecule has 192 valence electrons. The summed E-state index contributed by atoms with van der Waals surface area (Å²) in [5, 5.41) is 2.79. The van der Waals surface area contributed by atoms with Gasteiger partial charge in [-0.2, -0.15) is 0 Å². The highest BCUT2D eigenvalue weighted by atomic mass is 32.2. The average molecular weight is 542 g/mol. The van der Waals surface area contributed by atoms with E-state index in [0.717, 1.165) is 61.3 Å². The minimum atomic E-state index is -4.03.